The molecule has 0 radical (unpaired) electrons. The van der Waals surface area contributed by atoms with E-state index in [0.717, 1.165) is 25.0 Å². The number of rotatable bonds is 8. The number of aryl methyl sites for hydroxylation is 1. The normalized spacial score (nSPS) is 15.3. The van der Waals surface area contributed by atoms with Gasteiger partial charge in [-0.05, 0) is 56.2 Å². The third kappa shape index (κ3) is 5.40. The molecule has 1 aromatic heterocycles. The number of amides is 1. The van der Waals surface area contributed by atoms with Crippen LogP contribution in [0.1, 0.15) is 28.2 Å². The number of carbonyl (C=O) groups is 1. The summed E-state index contributed by atoms with van der Waals surface area (Å²) >= 11 is 7.48. The van der Waals surface area contributed by atoms with Gasteiger partial charge in [-0.15, -0.1) is 11.3 Å². The molecule has 1 amide bonds. The molecule has 2 aromatic carbocycles. The fourth-order valence-electron chi connectivity index (χ4n) is 3.56. The van der Waals surface area contributed by atoms with Crippen molar-refractivity contribution >= 4 is 34.5 Å². The van der Waals surface area contributed by atoms with Crippen LogP contribution in [0.2, 0.25) is 5.02 Å². The van der Waals surface area contributed by atoms with Crippen LogP contribution < -0.4 is 19.5 Å². The van der Waals surface area contributed by atoms with Crippen molar-refractivity contribution in [1.29, 1.82) is 0 Å². The minimum atomic E-state index is -0.277. The number of hydrogen-bond donors (Lipinski definition) is 1. The molecule has 0 aliphatic carbocycles. The molecular formula is C24H25ClN2O5S. The lowest BCUT2D eigenvalue weighted by Crippen LogP contribution is -2.18. The van der Waals surface area contributed by atoms with E-state index in [2.05, 4.69) is 10.3 Å². The van der Waals surface area contributed by atoms with Gasteiger partial charge in [0.15, 0.2) is 11.5 Å². The number of ether oxygens (including phenoxy) is 4. The van der Waals surface area contributed by atoms with Crippen LogP contribution >= 0.6 is 22.9 Å². The van der Waals surface area contributed by atoms with Gasteiger partial charge in [-0.25, -0.2) is 4.98 Å². The van der Waals surface area contributed by atoms with Gasteiger partial charge < -0.3 is 24.3 Å². The highest BCUT2D eigenvalue weighted by molar-refractivity contribution is 7.17. The van der Waals surface area contributed by atoms with Gasteiger partial charge in [0.25, 0.3) is 5.91 Å². The molecule has 1 unspecified atom stereocenters. The molecule has 1 atom stereocenters. The number of halogens is 1. The van der Waals surface area contributed by atoms with E-state index in [9.17, 15) is 4.79 Å². The first-order valence-corrected chi connectivity index (χ1v) is 11.7. The molecule has 4 rings (SSSR count). The van der Waals surface area contributed by atoms with E-state index >= 15 is 0 Å². The second-order valence-corrected chi connectivity index (χ2v) is 8.98. The van der Waals surface area contributed by atoms with Crippen LogP contribution in [0.4, 0.5) is 5.69 Å². The van der Waals surface area contributed by atoms with E-state index in [0.29, 0.717) is 50.1 Å². The number of methoxy groups -OCH3 is 2. The summed E-state index contributed by atoms with van der Waals surface area (Å²) in [5.74, 6) is 1.50. The average molecular weight is 489 g/mol. The summed E-state index contributed by atoms with van der Waals surface area (Å²) < 4.78 is 22.2. The summed E-state index contributed by atoms with van der Waals surface area (Å²) in [5.41, 5.74) is 1.97. The van der Waals surface area contributed by atoms with E-state index < -0.39 is 0 Å². The summed E-state index contributed by atoms with van der Waals surface area (Å²) in [7, 11) is 3.17. The number of hydrogen-bond acceptors (Lipinski definition) is 7. The summed E-state index contributed by atoms with van der Waals surface area (Å²) in [6.07, 6.45) is 2.07. The van der Waals surface area contributed by atoms with Gasteiger partial charge in [-0.3, -0.25) is 4.79 Å². The lowest BCUT2D eigenvalue weighted by atomic mass is 10.2. The molecule has 1 aliphatic rings. The Morgan fingerprint density at radius 1 is 1.18 bits per heavy atom. The Morgan fingerprint density at radius 2 is 1.97 bits per heavy atom. The third-order valence-corrected chi connectivity index (χ3v) is 6.71. The molecule has 33 heavy (non-hydrogen) atoms. The zero-order valence-electron chi connectivity index (χ0n) is 18.6. The Labute approximate surface area is 201 Å². The molecule has 1 saturated heterocycles. The zero-order chi connectivity index (χ0) is 23.4. The minimum Gasteiger partial charge on any atom is -0.493 e. The highest BCUT2D eigenvalue weighted by Gasteiger charge is 2.20. The lowest BCUT2D eigenvalue weighted by molar-refractivity contribution is 0.0682. The Kier molecular flexibility index (Phi) is 7.37. The molecule has 174 valence electrons. The molecule has 0 bridgehead atoms. The SMILES string of the molecule is COc1ccc(-c2nc(C)c(C(=O)Nc3cc(Cl)ccc3OCC3CCCO3)s2)cc1OC. The van der Waals surface area contributed by atoms with Crippen LogP contribution in [0.5, 0.6) is 17.2 Å². The first-order valence-electron chi connectivity index (χ1n) is 10.5. The number of anilines is 1. The van der Waals surface area contributed by atoms with Gasteiger partial charge in [-0.2, -0.15) is 0 Å². The van der Waals surface area contributed by atoms with E-state index in [1.807, 2.05) is 25.1 Å². The molecule has 7 nitrogen and oxygen atoms in total. The predicted octanol–water partition coefficient (Wildman–Crippen LogP) is 5.60. The van der Waals surface area contributed by atoms with E-state index in [4.69, 9.17) is 30.5 Å². The van der Waals surface area contributed by atoms with Crippen LogP contribution in [0, 0.1) is 6.92 Å². The lowest BCUT2D eigenvalue weighted by Gasteiger charge is -2.15. The van der Waals surface area contributed by atoms with Crippen molar-refractivity contribution in [3.8, 4) is 27.8 Å². The highest BCUT2D eigenvalue weighted by Crippen LogP contribution is 2.36. The van der Waals surface area contributed by atoms with Crippen molar-refractivity contribution in [3.05, 3.63) is 52.0 Å². The third-order valence-electron chi connectivity index (χ3n) is 5.27. The molecule has 3 aromatic rings. The quantitative estimate of drug-likeness (QED) is 0.444. The summed E-state index contributed by atoms with van der Waals surface area (Å²) in [6, 6.07) is 10.7. The Bertz CT molecular complexity index is 1140. The number of thiazole rings is 1. The number of benzene rings is 2. The van der Waals surface area contributed by atoms with Crippen molar-refractivity contribution in [1.82, 2.24) is 4.98 Å². The van der Waals surface area contributed by atoms with Crippen LogP contribution in [0.15, 0.2) is 36.4 Å². The largest absolute Gasteiger partial charge is 0.493 e. The fourth-order valence-corrected chi connectivity index (χ4v) is 4.69. The molecule has 9 heteroatoms. The molecule has 1 fully saturated rings. The summed E-state index contributed by atoms with van der Waals surface area (Å²) in [5, 5.41) is 4.14. The van der Waals surface area contributed by atoms with E-state index in [1.165, 1.54) is 11.3 Å². The van der Waals surface area contributed by atoms with Gasteiger partial charge in [-0.1, -0.05) is 11.6 Å². The van der Waals surface area contributed by atoms with Crippen LogP contribution in [0.25, 0.3) is 10.6 Å². The van der Waals surface area contributed by atoms with Crippen molar-refractivity contribution in [2.75, 3.05) is 32.8 Å². The molecule has 1 N–H and O–H groups in total. The monoisotopic (exact) mass is 488 g/mol. The van der Waals surface area contributed by atoms with E-state index in [1.54, 1.807) is 32.4 Å². The van der Waals surface area contributed by atoms with Crippen LogP contribution in [0.3, 0.4) is 0 Å². The molecule has 0 spiro atoms. The van der Waals surface area contributed by atoms with E-state index in [-0.39, 0.29) is 12.0 Å². The van der Waals surface area contributed by atoms with Crippen molar-refractivity contribution in [3.63, 3.8) is 0 Å². The standard InChI is InChI=1S/C24H25ClN2O5S/c1-14-22(33-24(26-14)15-6-8-20(29-2)21(11-15)30-3)23(28)27-18-12-16(25)7-9-19(18)32-13-17-5-4-10-31-17/h6-9,11-12,17H,4-5,10,13H2,1-3H3,(H,27,28). The van der Waals surface area contributed by atoms with Gasteiger partial charge in [0.2, 0.25) is 0 Å². The Morgan fingerprint density at radius 3 is 2.70 bits per heavy atom. The number of nitrogens with zero attached hydrogens (tertiary/aromatic N) is 1. The molecule has 0 saturated carbocycles. The maximum Gasteiger partial charge on any atom is 0.267 e. The summed E-state index contributed by atoms with van der Waals surface area (Å²) in [4.78, 5) is 18.2. The Balaban J connectivity index is 1.54. The highest BCUT2D eigenvalue weighted by atomic mass is 35.5. The van der Waals surface area contributed by atoms with Gasteiger partial charge in [0.05, 0.1) is 31.7 Å². The molecule has 1 aliphatic heterocycles. The maximum atomic E-state index is 13.1. The topological polar surface area (TPSA) is 78.9 Å². The molecular weight excluding hydrogens is 464 g/mol. The van der Waals surface area contributed by atoms with Crippen molar-refractivity contribution < 1.29 is 23.7 Å². The second kappa shape index (κ2) is 10.4. The first-order chi connectivity index (χ1) is 16.0. The Hall–Kier alpha value is -2.81. The van der Waals surface area contributed by atoms with Gasteiger partial charge in [0, 0.05) is 17.2 Å². The van der Waals surface area contributed by atoms with Crippen LogP contribution in [-0.2, 0) is 4.74 Å². The zero-order valence-corrected chi connectivity index (χ0v) is 20.2. The van der Waals surface area contributed by atoms with Crippen molar-refractivity contribution in [2.45, 2.75) is 25.9 Å². The maximum absolute atomic E-state index is 13.1. The molecule has 2 heterocycles. The number of carbonyl (C=O) groups excluding carboxylic acids is 1. The van der Waals surface area contributed by atoms with Gasteiger partial charge in [0.1, 0.15) is 22.2 Å². The second-order valence-electron chi connectivity index (χ2n) is 7.54. The van der Waals surface area contributed by atoms with Gasteiger partial charge >= 0.3 is 0 Å². The first kappa shape index (κ1) is 23.4. The van der Waals surface area contributed by atoms with Crippen molar-refractivity contribution in [2.24, 2.45) is 0 Å². The minimum absolute atomic E-state index is 0.0667. The average Bonchev–Trinajstić information content (AvgIpc) is 3.47. The number of aromatic nitrogens is 1. The predicted molar refractivity (Wildman–Crippen MR) is 129 cm³/mol. The fraction of sp³-hybridized carbons (Fsp3) is 0.333. The van der Waals surface area contributed by atoms with Crippen LogP contribution in [-0.4, -0.2) is 44.4 Å². The smallest absolute Gasteiger partial charge is 0.267 e. The summed E-state index contributed by atoms with van der Waals surface area (Å²) in [6.45, 7) is 2.99. The number of nitrogens with one attached hydrogen (secondary N) is 1.